The molecule has 0 atom stereocenters. The highest BCUT2D eigenvalue weighted by Crippen LogP contribution is 2.43. The molecule has 0 aromatic heterocycles. The molecule has 1 aliphatic rings. The Kier molecular flexibility index (Phi) is 5.05. The van der Waals surface area contributed by atoms with Gasteiger partial charge in [0.2, 0.25) is 0 Å². The number of anilines is 2. The van der Waals surface area contributed by atoms with Gasteiger partial charge in [-0.05, 0) is 42.7 Å². The van der Waals surface area contributed by atoms with Crippen molar-refractivity contribution in [1.82, 2.24) is 0 Å². The lowest BCUT2D eigenvalue weighted by Crippen LogP contribution is -2.27. The summed E-state index contributed by atoms with van der Waals surface area (Å²) < 4.78 is 65.5. The van der Waals surface area contributed by atoms with Gasteiger partial charge < -0.3 is 4.90 Å². The minimum absolute atomic E-state index is 0.0133. The van der Waals surface area contributed by atoms with E-state index in [0.29, 0.717) is 24.1 Å². The van der Waals surface area contributed by atoms with Crippen molar-refractivity contribution in [2.24, 2.45) is 0 Å². The van der Waals surface area contributed by atoms with Crippen molar-refractivity contribution < 1.29 is 21.6 Å². The fraction of sp³-hybridized carbons (Fsp3) is 0.263. The fourth-order valence-electron chi connectivity index (χ4n) is 3.50. The van der Waals surface area contributed by atoms with Crippen molar-refractivity contribution in [3.05, 3.63) is 52.3 Å². The van der Waals surface area contributed by atoms with Crippen LogP contribution in [0.4, 0.5) is 24.5 Å². The molecule has 0 saturated heterocycles. The van der Waals surface area contributed by atoms with Gasteiger partial charge in [0.1, 0.15) is 18.0 Å². The summed E-state index contributed by atoms with van der Waals surface area (Å²) in [6.45, 7) is 0.260. The van der Waals surface area contributed by atoms with Crippen LogP contribution >= 0.6 is 0 Å². The minimum atomic E-state index is -3.90. The van der Waals surface area contributed by atoms with Crippen molar-refractivity contribution in [3.8, 4) is 12.1 Å². The first-order valence-corrected chi connectivity index (χ1v) is 10.1. The van der Waals surface area contributed by atoms with Crippen LogP contribution in [0.2, 0.25) is 0 Å². The van der Waals surface area contributed by atoms with Crippen molar-refractivity contribution in [2.75, 3.05) is 17.7 Å². The van der Waals surface area contributed by atoms with Crippen LogP contribution in [0.25, 0.3) is 0 Å². The zero-order chi connectivity index (χ0) is 20.6. The predicted molar refractivity (Wildman–Crippen MR) is 95.7 cm³/mol. The number of hydrogen-bond donors (Lipinski definition) is 0. The third-order valence-electron chi connectivity index (χ3n) is 4.58. The van der Waals surface area contributed by atoms with E-state index in [0.717, 1.165) is 18.4 Å². The molecule has 5 nitrogen and oxygen atoms in total. The van der Waals surface area contributed by atoms with Crippen LogP contribution in [0.5, 0.6) is 0 Å². The summed E-state index contributed by atoms with van der Waals surface area (Å²) in [5.74, 6) is -0.601. The summed E-state index contributed by atoms with van der Waals surface area (Å²) in [6.07, 6.45) is -1.30. The first kappa shape index (κ1) is 19.7. The van der Waals surface area contributed by atoms with Crippen LogP contribution in [0, 0.1) is 28.5 Å². The van der Waals surface area contributed by atoms with E-state index in [9.17, 15) is 32.1 Å². The number of fused-ring (bicyclic) bond motifs is 1. The summed E-state index contributed by atoms with van der Waals surface area (Å²) in [5, 5.41) is 18.8. The molecule has 3 rings (SSSR count). The molecule has 1 heterocycles. The van der Waals surface area contributed by atoms with Gasteiger partial charge in [-0.1, -0.05) is 0 Å². The molecule has 0 radical (unpaired) electrons. The largest absolute Gasteiger partial charge is 0.340 e. The van der Waals surface area contributed by atoms with Gasteiger partial charge in [0.15, 0.2) is 9.84 Å². The highest BCUT2D eigenvalue weighted by atomic mass is 32.2. The number of hydrogen-bond acceptors (Lipinski definition) is 5. The van der Waals surface area contributed by atoms with E-state index in [-0.39, 0.29) is 17.8 Å². The molecule has 2 aromatic carbocycles. The van der Waals surface area contributed by atoms with Crippen molar-refractivity contribution in [1.29, 1.82) is 10.5 Å². The second kappa shape index (κ2) is 7.17. The standard InChI is InChI=1S/C19H14F3N3O2S/c1-28(26,27)16-5-4-15(17(19(21)22)14(16)10-24)25-6-2-3-11-7-13(20)8-12(9-23)18(11)25/h4-5,7-8,19H,2-3,6H2,1H3. The van der Waals surface area contributed by atoms with Gasteiger partial charge in [0, 0.05) is 12.8 Å². The average Bonchev–Trinajstić information content (AvgIpc) is 2.64. The number of benzene rings is 2. The Morgan fingerprint density at radius 2 is 1.89 bits per heavy atom. The maximum Gasteiger partial charge on any atom is 0.267 e. The Morgan fingerprint density at radius 3 is 2.46 bits per heavy atom. The Balaban J connectivity index is 2.34. The van der Waals surface area contributed by atoms with Gasteiger partial charge in [0.25, 0.3) is 6.43 Å². The van der Waals surface area contributed by atoms with Gasteiger partial charge in [-0.3, -0.25) is 0 Å². The minimum Gasteiger partial charge on any atom is -0.340 e. The van der Waals surface area contributed by atoms with Crippen LogP contribution in [0.15, 0.2) is 29.2 Å². The van der Waals surface area contributed by atoms with Gasteiger partial charge in [-0.15, -0.1) is 0 Å². The Bertz CT molecular complexity index is 1150. The first-order valence-electron chi connectivity index (χ1n) is 8.24. The van der Waals surface area contributed by atoms with E-state index in [2.05, 4.69) is 0 Å². The number of nitriles is 2. The molecule has 0 unspecified atom stereocenters. The molecule has 1 aliphatic heterocycles. The third kappa shape index (κ3) is 3.30. The smallest absolute Gasteiger partial charge is 0.267 e. The molecule has 0 aliphatic carbocycles. The van der Waals surface area contributed by atoms with Crippen molar-refractivity contribution in [3.63, 3.8) is 0 Å². The number of nitrogens with zero attached hydrogens (tertiary/aromatic N) is 3. The van der Waals surface area contributed by atoms with Gasteiger partial charge in [-0.25, -0.2) is 21.6 Å². The molecule has 0 N–H and O–H groups in total. The lowest BCUT2D eigenvalue weighted by molar-refractivity contribution is 0.151. The summed E-state index contributed by atoms with van der Waals surface area (Å²) >= 11 is 0. The second-order valence-electron chi connectivity index (χ2n) is 6.38. The van der Waals surface area contributed by atoms with E-state index >= 15 is 0 Å². The molecule has 0 amide bonds. The Hall–Kier alpha value is -3.04. The van der Waals surface area contributed by atoms with Crippen LogP contribution < -0.4 is 4.90 Å². The number of alkyl halides is 2. The van der Waals surface area contributed by atoms with Gasteiger partial charge >= 0.3 is 0 Å². The first-order chi connectivity index (χ1) is 13.2. The van der Waals surface area contributed by atoms with Crippen LogP contribution in [0.1, 0.15) is 35.1 Å². The average molecular weight is 405 g/mol. The van der Waals surface area contributed by atoms with E-state index in [1.54, 1.807) is 6.07 Å². The molecule has 0 spiro atoms. The predicted octanol–water partition coefficient (Wildman–Crippen LogP) is 3.99. The molecule has 0 fully saturated rings. The SMILES string of the molecule is CS(=O)(=O)c1ccc(N2CCCc3cc(F)cc(C#N)c32)c(C(F)F)c1C#N. The maximum atomic E-state index is 13.9. The van der Waals surface area contributed by atoms with E-state index in [4.69, 9.17) is 0 Å². The van der Waals surface area contributed by atoms with Crippen LogP contribution in [-0.4, -0.2) is 21.2 Å². The van der Waals surface area contributed by atoms with E-state index < -0.39 is 38.1 Å². The highest BCUT2D eigenvalue weighted by Gasteiger charge is 2.31. The number of halogens is 3. The molecule has 0 bridgehead atoms. The zero-order valence-electron chi connectivity index (χ0n) is 14.7. The molecule has 0 saturated carbocycles. The number of aryl methyl sites for hydroxylation is 1. The molecule has 9 heteroatoms. The molecule has 2 aromatic rings. The Labute approximate surface area is 160 Å². The van der Waals surface area contributed by atoms with Gasteiger partial charge in [-0.2, -0.15) is 10.5 Å². The molecular formula is C19H14F3N3O2S. The number of rotatable bonds is 3. The van der Waals surface area contributed by atoms with Crippen molar-refractivity contribution >= 4 is 21.2 Å². The fourth-order valence-corrected chi connectivity index (χ4v) is 4.34. The summed E-state index contributed by atoms with van der Waals surface area (Å²) in [7, 11) is -3.90. The molecule has 144 valence electrons. The maximum absolute atomic E-state index is 13.9. The topological polar surface area (TPSA) is 85.0 Å². The highest BCUT2D eigenvalue weighted by molar-refractivity contribution is 7.90. The van der Waals surface area contributed by atoms with Crippen LogP contribution in [-0.2, 0) is 16.3 Å². The van der Waals surface area contributed by atoms with Crippen molar-refractivity contribution in [2.45, 2.75) is 24.2 Å². The summed E-state index contributed by atoms with van der Waals surface area (Å²) in [6, 6.07) is 8.05. The molecule has 28 heavy (non-hydrogen) atoms. The number of sulfone groups is 1. The zero-order valence-corrected chi connectivity index (χ0v) is 15.5. The molecular weight excluding hydrogens is 391 g/mol. The lowest BCUT2D eigenvalue weighted by Gasteiger charge is -2.34. The summed E-state index contributed by atoms with van der Waals surface area (Å²) in [4.78, 5) is 0.955. The van der Waals surface area contributed by atoms with E-state index in [1.165, 1.54) is 17.0 Å². The van der Waals surface area contributed by atoms with Crippen LogP contribution in [0.3, 0.4) is 0 Å². The Morgan fingerprint density at radius 1 is 1.18 bits per heavy atom. The van der Waals surface area contributed by atoms with E-state index in [1.807, 2.05) is 6.07 Å². The quantitative estimate of drug-likeness (QED) is 0.771. The third-order valence-corrected chi connectivity index (χ3v) is 5.72. The monoisotopic (exact) mass is 405 g/mol. The normalized spacial score (nSPS) is 13.8. The lowest BCUT2D eigenvalue weighted by atomic mass is 9.95. The summed E-state index contributed by atoms with van der Waals surface area (Å²) in [5.41, 5.74) is -0.625. The second-order valence-corrected chi connectivity index (χ2v) is 8.37. The van der Waals surface area contributed by atoms with Gasteiger partial charge in [0.05, 0.1) is 33.0 Å².